The number of nitrogens with two attached hydrogens (primary N) is 3. The van der Waals surface area contributed by atoms with Gasteiger partial charge in [0.1, 0.15) is 34.5 Å². The minimum atomic E-state index is -0.955. The van der Waals surface area contributed by atoms with E-state index >= 15 is 0 Å². The van der Waals surface area contributed by atoms with Gasteiger partial charge in [0, 0.05) is 32.3 Å². The number of benzene rings is 11. The Hall–Kier alpha value is -11.4. The molecule has 0 aromatic heterocycles. The summed E-state index contributed by atoms with van der Waals surface area (Å²) in [7, 11) is 0. The highest BCUT2D eigenvalue weighted by atomic mass is 79.9. The van der Waals surface area contributed by atoms with Crippen LogP contribution in [-0.4, -0.2) is 136 Å². The van der Waals surface area contributed by atoms with Crippen molar-refractivity contribution in [2.24, 2.45) is 17.2 Å². The molecule has 7 N–H and O–H groups in total. The van der Waals surface area contributed by atoms with Gasteiger partial charge >= 0.3 is 0 Å². The lowest BCUT2D eigenvalue weighted by Crippen LogP contribution is -2.46. The molecule has 4 amide bonds. The Morgan fingerprint density at radius 3 is 0.851 bits per heavy atom. The van der Waals surface area contributed by atoms with Crippen LogP contribution in [0.3, 0.4) is 0 Å². The van der Waals surface area contributed by atoms with Crippen molar-refractivity contribution in [3.05, 3.63) is 431 Å². The zero-order valence-electron chi connectivity index (χ0n) is 65.4. The Labute approximate surface area is 681 Å². The largest absolute Gasteiger partial charge is 0.368 e. The molecule has 11 aromatic rings. The lowest BCUT2D eigenvalue weighted by molar-refractivity contribution is -0.135. The number of hydrogen-bond donors (Lipinski definition) is 4. The van der Waals surface area contributed by atoms with Crippen LogP contribution >= 0.6 is 15.9 Å². The van der Waals surface area contributed by atoms with Gasteiger partial charge in [0.15, 0.2) is 5.60 Å². The van der Waals surface area contributed by atoms with Gasteiger partial charge in [-0.25, -0.2) is 0 Å². The minimum Gasteiger partial charge on any atom is -0.368 e. The first kappa shape index (κ1) is 86.6. The summed E-state index contributed by atoms with van der Waals surface area (Å²) in [5.41, 5.74) is 25.3. The predicted octanol–water partition coefficient (Wildman–Crippen LogP) is 15.7. The molecule has 0 fully saturated rings. The third-order valence-corrected chi connectivity index (χ3v) is 20.1. The summed E-state index contributed by atoms with van der Waals surface area (Å²) < 4.78 is 26.7. The number of carbonyl (C=O) groups is 4. The van der Waals surface area contributed by atoms with Crippen molar-refractivity contribution in [3.8, 4) is 0 Å². The number of halogens is 1. The third kappa shape index (κ3) is 22.9. The highest BCUT2D eigenvalue weighted by Crippen LogP contribution is 2.45. The molecule has 0 bridgehead atoms. The minimum absolute atomic E-state index is 0.00709. The number of ether oxygens (including phenoxy) is 4. The van der Waals surface area contributed by atoms with Crippen molar-refractivity contribution < 1.29 is 38.1 Å². The predicted molar refractivity (Wildman–Crippen MR) is 461 cm³/mol. The molecule has 16 heteroatoms. The molecule has 15 nitrogen and oxygen atoms in total. The smallest absolute Gasteiger partial charge is 0.237 e. The molecular formula is C98H105BrN7O8+. The van der Waals surface area contributed by atoms with E-state index in [2.05, 4.69) is 126 Å². The summed E-state index contributed by atoms with van der Waals surface area (Å²) >= 11 is 3.16. The lowest BCUT2D eigenvalue weighted by atomic mass is 9.78. The first-order chi connectivity index (χ1) is 55.8. The molecule has 0 aliphatic heterocycles. The Balaban J connectivity index is 0.000000205. The van der Waals surface area contributed by atoms with Crippen LogP contribution in [0.4, 0.5) is 0 Å². The van der Waals surface area contributed by atoms with Crippen LogP contribution in [0.15, 0.2) is 364 Å². The highest BCUT2D eigenvalue weighted by Gasteiger charge is 2.43. The summed E-state index contributed by atoms with van der Waals surface area (Å²) in [5.74, 6) is -1.64. The highest BCUT2D eigenvalue weighted by molar-refractivity contribution is 9.09. The maximum absolute atomic E-state index is 13.6. The first-order valence-electron chi connectivity index (χ1n) is 38.8. The van der Waals surface area contributed by atoms with Gasteiger partial charge < -0.3 is 56.2 Å². The van der Waals surface area contributed by atoms with Crippen LogP contribution in [0, 0.1) is 6.08 Å². The van der Waals surface area contributed by atoms with Gasteiger partial charge in [-0.1, -0.05) is 370 Å². The zero-order chi connectivity index (χ0) is 80.5. The molecule has 0 saturated carbocycles. The number of hydrogen-bond acceptors (Lipinski definition) is 11. The fraction of sp³-hybridized carbons (Fsp3) is 0.224. The van der Waals surface area contributed by atoms with Crippen LogP contribution in [0.1, 0.15) is 82.0 Å². The van der Waals surface area contributed by atoms with E-state index < -0.39 is 34.2 Å². The first-order valence-corrected chi connectivity index (χ1v) is 39.9. The van der Waals surface area contributed by atoms with Crippen molar-refractivity contribution in [1.82, 2.24) is 20.0 Å². The molecule has 1 aliphatic rings. The molecule has 114 heavy (non-hydrogen) atoms. The van der Waals surface area contributed by atoms with Crippen LogP contribution in [0.5, 0.6) is 0 Å². The molecule has 11 aromatic carbocycles. The van der Waals surface area contributed by atoms with Crippen molar-refractivity contribution in [3.63, 3.8) is 0 Å². The van der Waals surface area contributed by atoms with Gasteiger partial charge in [0.2, 0.25) is 23.6 Å². The second-order valence-electron chi connectivity index (χ2n) is 26.7. The topological polar surface area (TPSA) is 205 Å². The summed E-state index contributed by atoms with van der Waals surface area (Å²) in [5, 5.41) is 3.35. The second-order valence-corrected chi connectivity index (χ2v) is 27.3. The average Bonchev–Trinajstić information content (AvgIpc) is 0.782. The van der Waals surface area contributed by atoms with E-state index in [0.717, 1.165) is 66.8 Å². The number of amides is 4. The van der Waals surface area contributed by atoms with Crippen molar-refractivity contribution >= 4 is 39.6 Å². The zero-order valence-corrected chi connectivity index (χ0v) is 67.0. The monoisotopic (exact) mass is 1590 g/mol. The van der Waals surface area contributed by atoms with Crippen molar-refractivity contribution in [2.75, 3.05) is 97.2 Å². The fourth-order valence-corrected chi connectivity index (χ4v) is 14.5. The molecule has 0 spiro atoms. The number of nitrogens with zero attached hydrogens (tertiary/aromatic N) is 3. The van der Waals surface area contributed by atoms with E-state index in [1.807, 2.05) is 285 Å². The molecular weight excluding hydrogens is 1480 g/mol. The number of rotatable bonds is 37. The van der Waals surface area contributed by atoms with Gasteiger partial charge in [0.05, 0.1) is 63.5 Å². The van der Waals surface area contributed by atoms with Gasteiger partial charge in [-0.2, -0.15) is 0 Å². The van der Waals surface area contributed by atoms with Gasteiger partial charge in [-0.3, -0.25) is 19.2 Å². The van der Waals surface area contributed by atoms with Crippen molar-refractivity contribution in [2.45, 2.75) is 43.2 Å². The van der Waals surface area contributed by atoms with Gasteiger partial charge in [0.25, 0.3) is 0 Å². The van der Waals surface area contributed by atoms with Gasteiger partial charge in [-0.05, 0) is 80.8 Å². The Kier molecular flexibility index (Phi) is 34.9. The van der Waals surface area contributed by atoms with E-state index in [1.165, 1.54) is 29.4 Å². The number of carbonyl (C=O) groups excluding carboxylic acids is 4. The molecule has 12 rings (SSSR count). The maximum Gasteiger partial charge on any atom is 0.237 e. The third-order valence-electron chi connectivity index (χ3n) is 19.6. The standard InChI is InChI=1S/C46H45N3O4.C25H25BrN2O3.C21H20NO.C6H15N/c47-43(50)36-49(32-34-53-46(40-25-13-4-14-26-40,41-27-15-5-16-28-41)42-29-17-6-18-30-42)44(51)35-48-31-33-52-45(37-19-7-1-8-20-37,38-21-9-2-10-22-38)39-23-11-3-12-24-39;26-18-24(30)28(19-23(27)29)16-17-31-25(20-10-4-1-5-11-20,21-12-6-2-7-13-21)22-14-8-3-9-15-22;22-16-17-23-21(18-10-4-1-5-11-18,19-12-6-2-7-13-19)20-14-8-3-9-15-20;1-4-7(5-2)6-3/h1-30,48H,31-36H2,(H2,47,50);1-15H,16-19H2,(H2,27,29);1-2,4-15H,16-17,22H2;4-6H2,1-3H3/q;;+1;. The second kappa shape index (κ2) is 46.0. The summed E-state index contributed by atoms with van der Waals surface area (Å²) in [6, 6.07) is 111. The van der Waals surface area contributed by atoms with Crippen LogP contribution < -0.4 is 22.5 Å². The number of primary amides is 2. The lowest BCUT2D eigenvalue weighted by Gasteiger charge is -2.36. The Morgan fingerprint density at radius 1 is 0.368 bits per heavy atom. The quantitative estimate of drug-likeness (QED) is 0.0125. The molecule has 0 saturated heterocycles. The Bertz CT molecular complexity index is 4360. The molecule has 0 atom stereocenters. The average molecular weight is 1590 g/mol. The summed E-state index contributed by atoms with van der Waals surface area (Å²) in [6.45, 7) is 12.1. The molecule has 586 valence electrons. The van der Waals surface area contributed by atoms with Gasteiger partial charge in [-0.15, -0.1) is 0 Å². The van der Waals surface area contributed by atoms with E-state index in [9.17, 15) is 19.2 Å². The SMILES string of the molecule is CCN(CC)CC.NC(=O)CN(CCOC(c1ccccc1)(c1ccccc1)c1ccccc1)C(=O)CBr.NC(=O)CN(CCOC(c1ccccc1)(c1ccccc1)c1ccccc1)C(=O)CNCCOC(c1ccccc1)(c1ccccc1)c1ccccc1.NCCOC(C1=CC=[C+]C=C1)(c1ccccc1)c1ccccc1. The normalized spacial score (nSPS) is 11.8. The van der Waals surface area contributed by atoms with Crippen LogP contribution in [0.25, 0.3) is 0 Å². The van der Waals surface area contributed by atoms with Crippen molar-refractivity contribution in [1.29, 1.82) is 0 Å². The van der Waals surface area contributed by atoms with Crippen LogP contribution in [-0.2, 0) is 60.5 Å². The van der Waals surface area contributed by atoms with Crippen LogP contribution in [0.2, 0.25) is 0 Å². The molecule has 0 radical (unpaired) electrons. The molecule has 0 heterocycles. The van der Waals surface area contributed by atoms with E-state index in [1.54, 1.807) is 0 Å². The number of alkyl halides is 1. The number of nitrogens with one attached hydrogen (secondary N) is 1. The summed E-state index contributed by atoms with van der Waals surface area (Å²) in [6.07, 6.45) is 11.0. The molecule has 0 unspecified atom stereocenters. The maximum atomic E-state index is 13.6. The van der Waals surface area contributed by atoms with E-state index in [-0.39, 0.29) is 63.1 Å². The summed E-state index contributed by atoms with van der Waals surface area (Å²) in [4.78, 5) is 54.7. The molecule has 1 aliphatic carbocycles. The number of allylic oxidation sites excluding steroid dienone is 4. The van der Waals surface area contributed by atoms with E-state index in [4.69, 9.17) is 36.1 Å². The van der Waals surface area contributed by atoms with E-state index in [0.29, 0.717) is 26.3 Å². The fourth-order valence-electron chi connectivity index (χ4n) is 14.2. The Morgan fingerprint density at radius 2 is 0.623 bits per heavy atom.